The van der Waals surface area contributed by atoms with Crippen molar-refractivity contribution >= 4 is 15.9 Å². The summed E-state index contributed by atoms with van der Waals surface area (Å²) in [5, 5.41) is 0. The minimum absolute atomic E-state index is 0.0503. The van der Waals surface area contributed by atoms with Gasteiger partial charge in [-0.05, 0) is 36.0 Å². The van der Waals surface area contributed by atoms with Gasteiger partial charge in [0.25, 0.3) is 0 Å². The van der Waals surface area contributed by atoms with Crippen LogP contribution in [0, 0.1) is 5.41 Å². The van der Waals surface area contributed by atoms with Crippen molar-refractivity contribution in [2.24, 2.45) is 5.41 Å². The molecule has 1 saturated heterocycles. The highest BCUT2D eigenvalue weighted by molar-refractivity contribution is 7.88. The van der Waals surface area contributed by atoms with E-state index in [1.54, 1.807) is 4.90 Å². The Hall–Kier alpha value is -1.80. The molecule has 1 aromatic rings. The second-order valence-corrected chi connectivity index (χ2v) is 9.66. The first-order valence-corrected chi connectivity index (χ1v) is 10.6. The highest BCUT2D eigenvalue weighted by atomic mass is 32.2. The van der Waals surface area contributed by atoms with E-state index >= 15 is 0 Å². The number of benzene rings is 1. The number of fused-ring (bicyclic) bond motifs is 1. The lowest BCUT2D eigenvalue weighted by atomic mass is 9.76. The highest BCUT2D eigenvalue weighted by Gasteiger charge is 2.35. The molecule has 0 spiro atoms. The van der Waals surface area contributed by atoms with Crippen LogP contribution in [0.4, 0.5) is 0 Å². The summed E-state index contributed by atoms with van der Waals surface area (Å²) < 4.78 is 35.2. The molecule has 2 aliphatic heterocycles. The van der Waals surface area contributed by atoms with E-state index in [1.807, 2.05) is 18.2 Å². The van der Waals surface area contributed by atoms with Crippen molar-refractivity contribution in [3.63, 3.8) is 0 Å². The number of carbonyl (C=O) groups is 1. The number of rotatable bonds is 6. The first-order valence-electron chi connectivity index (χ1n) is 8.74. The fraction of sp³-hybridized carbons (Fsp3) is 0.611. The van der Waals surface area contributed by atoms with Gasteiger partial charge in [0.15, 0.2) is 11.5 Å². The molecule has 1 fully saturated rings. The fourth-order valence-electron chi connectivity index (χ4n) is 3.51. The minimum Gasteiger partial charge on any atom is -0.454 e. The summed E-state index contributed by atoms with van der Waals surface area (Å²) in [6.45, 7) is 3.78. The second-order valence-electron chi connectivity index (χ2n) is 7.57. The van der Waals surface area contributed by atoms with Crippen molar-refractivity contribution in [2.45, 2.75) is 26.2 Å². The Morgan fingerprint density at radius 2 is 2.00 bits per heavy atom. The zero-order chi connectivity index (χ0) is 18.9. The van der Waals surface area contributed by atoms with Crippen molar-refractivity contribution in [2.75, 3.05) is 39.7 Å². The molecule has 3 rings (SSSR count). The number of amides is 1. The molecular weight excluding hydrogens is 356 g/mol. The normalized spacial score (nSPS) is 22.9. The quantitative estimate of drug-likeness (QED) is 0.745. The van der Waals surface area contributed by atoms with Crippen molar-refractivity contribution in [1.29, 1.82) is 0 Å². The summed E-state index contributed by atoms with van der Waals surface area (Å²) in [7, 11) is -1.70. The third kappa shape index (κ3) is 4.29. The Morgan fingerprint density at radius 3 is 2.73 bits per heavy atom. The number of carbonyl (C=O) groups excluding carboxylic acids is 1. The molecule has 1 aromatic carbocycles. The van der Waals surface area contributed by atoms with Gasteiger partial charge in [0.2, 0.25) is 22.7 Å². The Labute approximate surface area is 154 Å². The molecule has 0 N–H and O–H groups in total. The molecule has 0 saturated carbocycles. The molecule has 2 heterocycles. The van der Waals surface area contributed by atoms with Gasteiger partial charge in [-0.25, -0.2) is 12.7 Å². The molecule has 144 valence electrons. The Morgan fingerprint density at radius 1 is 1.27 bits per heavy atom. The third-order valence-electron chi connectivity index (χ3n) is 5.19. The van der Waals surface area contributed by atoms with Gasteiger partial charge in [0.1, 0.15) is 0 Å². The van der Waals surface area contributed by atoms with E-state index in [9.17, 15) is 13.2 Å². The summed E-state index contributed by atoms with van der Waals surface area (Å²) in [4.78, 5) is 14.1. The number of likely N-dealkylation sites (tertiary alicyclic amines) is 1. The predicted octanol–water partition coefficient (Wildman–Crippen LogP) is 1.48. The van der Waals surface area contributed by atoms with Crippen LogP contribution in [0.25, 0.3) is 0 Å². The van der Waals surface area contributed by atoms with Crippen LogP contribution < -0.4 is 9.47 Å². The van der Waals surface area contributed by atoms with Crippen LogP contribution in [0.1, 0.15) is 25.3 Å². The van der Waals surface area contributed by atoms with Crippen molar-refractivity contribution in [3.8, 4) is 11.5 Å². The van der Waals surface area contributed by atoms with Crippen LogP contribution in [-0.2, 0) is 21.2 Å². The summed E-state index contributed by atoms with van der Waals surface area (Å²) in [6, 6.07) is 5.97. The van der Waals surface area contributed by atoms with Gasteiger partial charge in [0, 0.05) is 33.1 Å². The average molecular weight is 382 g/mol. The number of ether oxygens (including phenoxy) is 2. The van der Waals surface area contributed by atoms with Crippen LogP contribution >= 0.6 is 0 Å². The standard InChI is InChI=1S/C18H26N2O5S/c1-18(11-14-4-5-15-16(10-14)25-13-24-15)7-6-17(21)20(12-18)9-8-19(2)26(3,22)23/h4-5,10H,6-9,11-13H2,1-3H3/t18-/m0/s1. The monoisotopic (exact) mass is 382 g/mol. The number of piperidine rings is 1. The summed E-state index contributed by atoms with van der Waals surface area (Å²) in [5.41, 5.74) is 1.10. The Kier molecular flexibility index (Phi) is 5.16. The number of nitrogens with zero attached hydrogens (tertiary/aromatic N) is 2. The molecule has 0 aliphatic carbocycles. The van der Waals surface area contributed by atoms with Crippen molar-refractivity contribution < 1.29 is 22.7 Å². The lowest BCUT2D eigenvalue weighted by Crippen LogP contribution is -2.48. The molecule has 0 aromatic heterocycles. The smallest absolute Gasteiger partial charge is 0.231 e. The van der Waals surface area contributed by atoms with Crippen LogP contribution in [0.3, 0.4) is 0 Å². The summed E-state index contributed by atoms with van der Waals surface area (Å²) in [6.07, 6.45) is 3.31. The number of sulfonamides is 1. The van der Waals surface area contributed by atoms with Crippen LogP contribution in [-0.4, -0.2) is 63.3 Å². The van der Waals surface area contributed by atoms with E-state index < -0.39 is 10.0 Å². The molecule has 1 atom stereocenters. The van der Waals surface area contributed by atoms with Gasteiger partial charge in [-0.1, -0.05) is 13.0 Å². The van der Waals surface area contributed by atoms with E-state index in [-0.39, 0.29) is 18.1 Å². The molecular formula is C18H26N2O5S. The molecule has 0 bridgehead atoms. The average Bonchev–Trinajstić information content (AvgIpc) is 3.02. The van der Waals surface area contributed by atoms with E-state index in [0.29, 0.717) is 26.1 Å². The van der Waals surface area contributed by atoms with Crippen LogP contribution in [0.15, 0.2) is 18.2 Å². The summed E-state index contributed by atoms with van der Waals surface area (Å²) in [5.74, 6) is 1.63. The van der Waals surface area contributed by atoms with Gasteiger partial charge in [-0.2, -0.15) is 0 Å². The van der Waals surface area contributed by atoms with Gasteiger partial charge in [-0.3, -0.25) is 4.79 Å². The SMILES string of the molecule is CN(CCN1C[C@](C)(Cc2ccc3c(c2)OCO3)CCC1=O)S(C)(=O)=O. The third-order valence-corrected chi connectivity index (χ3v) is 6.50. The van der Waals surface area contributed by atoms with E-state index in [2.05, 4.69) is 6.92 Å². The zero-order valence-electron chi connectivity index (χ0n) is 15.5. The summed E-state index contributed by atoms with van der Waals surface area (Å²) >= 11 is 0. The predicted molar refractivity (Wildman–Crippen MR) is 97.7 cm³/mol. The Bertz CT molecular complexity index is 795. The number of likely N-dealkylation sites (N-methyl/N-ethyl adjacent to an activating group) is 1. The zero-order valence-corrected chi connectivity index (χ0v) is 16.3. The van der Waals surface area contributed by atoms with Crippen LogP contribution in [0.5, 0.6) is 11.5 Å². The Balaban J connectivity index is 1.65. The maximum atomic E-state index is 12.3. The van der Waals surface area contributed by atoms with E-state index in [1.165, 1.54) is 17.6 Å². The largest absolute Gasteiger partial charge is 0.454 e. The molecule has 8 heteroatoms. The molecule has 26 heavy (non-hydrogen) atoms. The second kappa shape index (κ2) is 7.08. The maximum absolute atomic E-state index is 12.3. The van der Waals surface area contributed by atoms with E-state index in [0.717, 1.165) is 29.9 Å². The molecule has 0 unspecified atom stereocenters. The maximum Gasteiger partial charge on any atom is 0.231 e. The first-order chi connectivity index (χ1) is 12.2. The fourth-order valence-corrected chi connectivity index (χ4v) is 3.93. The van der Waals surface area contributed by atoms with Crippen LogP contribution in [0.2, 0.25) is 0 Å². The molecule has 1 amide bonds. The van der Waals surface area contributed by atoms with Gasteiger partial charge in [-0.15, -0.1) is 0 Å². The molecule has 7 nitrogen and oxygen atoms in total. The highest BCUT2D eigenvalue weighted by Crippen LogP contribution is 2.37. The van der Waals surface area contributed by atoms with E-state index in [4.69, 9.17) is 9.47 Å². The lowest BCUT2D eigenvalue weighted by Gasteiger charge is -2.41. The first kappa shape index (κ1) is 19.0. The van der Waals surface area contributed by atoms with Gasteiger partial charge < -0.3 is 14.4 Å². The number of hydrogen-bond donors (Lipinski definition) is 0. The minimum atomic E-state index is -3.23. The van der Waals surface area contributed by atoms with Crippen molar-refractivity contribution in [1.82, 2.24) is 9.21 Å². The van der Waals surface area contributed by atoms with Gasteiger partial charge >= 0.3 is 0 Å². The molecule has 0 radical (unpaired) electrons. The lowest BCUT2D eigenvalue weighted by molar-refractivity contribution is -0.137. The number of hydrogen-bond acceptors (Lipinski definition) is 5. The molecule has 2 aliphatic rings. The van der Waals surface area contributed by atoms with Crippen molar-refractivity contribution in [3.05, 3.63) is 23.8 Å². The van der Waals surface area contributed by atoms with Gasteiger partial charge in [0.05, 0.1) is 6.26 Å². The topological polar surface area (TPSA) is 76.2 Å².